The van der Waals surface area contributed by atoms with Gasteiger partial charge in [0, 0.05) is 25.3 Å². The highest BCUT2D eigenvalue weighted by Gasteiger charge is 2.62. The van der Waals surface area contributed by atoms with Gasteiger partial charge < -0.3 is 25.0 Å². The number of amides is 5. The van der Waals surface area contributed by atoms with Crippen molar-refractivity contribution in [2.24, 2.45) is 11.3 Å². The summed E-state index contributed by atoms with van der Waals surface area (Å²) in [6, 6.07) is 3.04. The molecule has 3 N–H and O–H groups in total. The van der Waals surface area contributed by atoms with E-state index >= 15 is 0 Å². The van der Waals surface area contributed by atoms with Crippen LogP contribution in [0.2, 0.25) is 0 Å². The maximum atomic E-state index is 14.5. The molecule has 16 heteroatoms. The van der Waals surface area contributed by atoms with Gasteiger partial charge in [0.1, 0.15) is 23.7 Å². The number of fused-ring (bicyclic) bond motifs is 3. The Hall–Kier alpha value is -4.99. The number of carbonyl (C=O) groups is 6. The lowest BCUT2D eigenvalue weighted by Crippen LogP contribution is -2.58. The quantitative estimate of drug-likeness (QED) is 0.245. The molecule has 2 aliphatic carbocycles. The Balaban J connectivity index is 1.30. The zero-order valence-corrected chi connectivity index (χ0v) is 33.1. The molecule has 302 valence electrons. The molecule has 56 heavy (non-hydrogen) atoms. The number of ketones is 1. The summed E-state index contributed by atoms with van der Waals surface area (Å²) in [4.78, 5) is 84.9. The third-order valence-electron chi connectivity index (χ3n) is 11.0. The Kier molecular flexibility index (Phi) is 11.5. The Labute approximate surface area is 327 Å². The molecule has 3 fully saturated rings. The molecule has 3 aliphatic heterocycles. The summed E-state index contributed by atoms with van der Waals surface area (Å²) in [5.41, 5.74) is 1.48. The summed E-state index contributed by atoms with van der Waals surface area (Å²) in [5, 5.41) is 4.55. The summed E-state index contributed by atoms with van der Waals surface area (Å²) in [6.45, 7) is 11.4. The number of cyclic esters (lactones) is 1. The molecule has 0 aromatic heterocycles. The van der Waals surface area contributed by atoms with Gasteiger partial charge in [-0.2, -0.15) is 0 Å². The molecule has 5 aliphatic rings. The SMILES string of the molecule is C=CC1CC1(NC(=O)C1CC2CN1C(=O)C(CC(=O)C=C(C)C)NC(=O)OCC(C)(C)CCC=Cc1cccc3c1CN(C3)C(=O)O2)C(=O)NS(=O)(=O)C1CC1. The number of benzene rings is 1. The first-order chi connectivity index (χ1) is 26.4. The lowest BCUT2D eigenvalue weighted by atomic mass is 9.88. The summed E-state index contributed by atoms with van der Waals surface area (Å²) in [5.74, 6) is -3.57. The van der Waals surface area contributed by atoms with Crippen molar-refractivity contribution in [3.05, 3.63) is 65.3 Å². The molecule has 5 atom stereocenters. The van der Waals surface area contributed by atoms with Gasteiger partial charge in [0.25, 0.3) is 5.91 Å². The lowest BCUT2D eigenvalue weighted by molar-refractivity contribution is -0.141. The highest BCUT2D eigenvalue weighted by molar-refractivity contribution is 7.91. The minimum Gasteiger partial charge on any atom is -0.449 e. The molecule has 5 amide bonds. The Morgan fingerprint density at radius 3 is 2.54 bits per heavy atom. The van der Waals surface area contributed by atoms with E-state index in [-0.39, 0.29) is 32.5 Å². The maximum absolute atomic E-state index is 14.5. The van der Waals surface area contributed by atoms with Gasteiger partial charge >= 0.3 is 12.2 Å². The average molecular weight is 794 g/mol. The average Bonchev–Trinajstić information content (AvgIpc) is 4.02. The van der Waals surface area contributed by atoms with Gasteiger partial charge in [-0.25, -0.2) is 18.0 Å². The normalized spacial score (nSPS) is 27.6. The van der Waals surface area contributed by atoms with Crippen LogP contribution in [0.1, 0.15) is 89.3 Å². The van der Waals surface area contributed by atoms with Crippen molar-refractivity contribution in [3.63, 3.8) is 0 Å². The molecule has 15 nitrogen and oxygen atoms in total. The first kappa shape index (κ1) is 40.7. The van der Waals surface area contributed by atoms with Crippen LogP contribution >= 0.6 is 0 Å². The zero-order chi connectivity index (χ0) is 40.6. The van der Waals surface area contributed by atoms with Crippen molar-refractivity contribution in [3.8, 4) is 0 Å². The fourth-order valence-corrected chi connectivity index (χ4v) is 8.89. The van der Waals surface area contributed by atoms with Gasteiger partial charge in [0.15, 0.2) is 5.78 Å². The smallest absolute Gasteiger partial charge is 0.410 e. The van der Waals surface area contributed by atoms with Gasteiger partial charge in [-0.05, 0) is 74.1 Å². The molecule has 0 spiro atoms. The summed E-state index contributed by atoms with van der Waals surface area (Å²) >= 11 is 0. The van der Waals surface area contributed by atoms with E-state index in [0.29, 0.717) is 37.8 Å². The number of carbonyl (C=O) groups excluding carboxylic acids is 6. The van der Waals surface area contributed by atoms with Gasteiger partial charge in [-0.3, -0.25) is 28.8 Å². The first-order valence-electron chi connectivity index (χ1n) is 19.1. The van der Waals surface area contributed by atoms with E-state index in [0.717, 1.165) is 21.6 Å². The number of nitrogens with one attached hydrogen (secondary N) is 3. The molecule has 1 saturated heterocycles. The molecule has 3 heterocycles. The van der Waals surface area contributed by atoms with Crippen LogP contribution in [0, 0.1) is 11.3 Å². The van der Waals surface area contributed by atoms with E-state index in [9.17, 15) is 37.2 Å². The van der Waals surface area contributed by atoms with Crippen molar-refractivity contribution in [1.29, 1.82) is 0 Å². The van der Waals surface area contributed by atoms with Crippen LogP contribution in [-0.2, 0) is 51.8 Å². The van der Waals surface area contributed by atoms with Gasteiger partial charge in [0.05, 0.1) is 24.9 Å². The van der Waals surface area contributed by atoms with Gasteiger partial charge in [0.2, 0.25) is 21.8 Å². The Morgan fingerprint density at radius 2 is 1.86 bits per heavy atom. The van der Waals surface area contributed by atoms with Crippen LogP contribution in [0.5, 0.6) is 0 Å². The highest BCUT2D eigenvalue weighted by atomic mass is 32.2. The zero-order valence-electron chi connectivity index (χ0n) is 32.3. The van der Waals surface area contributed by atoms with E-state index in [1.807, 2.05) is 44.2 Å². The molecule has 0 radical (unpaired) electrons. The highest BCUT2D eigenvalue weighted by Crippen LogP contribution is 2.45. The minimum absolute atomic E-state index is 0.0169. The summed E-state index contributed by atoms with van der Waals surface area (Å²) < 4.78 is 39.0. The minimum atomic E-state index is -3.95. The topological polar surface area (TPSA) is 198 Å². The van der Waals surface area contributed by atoms with E-state index in [2.05, 4.69) is 21.9 Å². The van der Waals surface area contributed by atoms with Crippen molar-refractivity contribution >= 4 is 51.8 Å². The fourth-order valence-electron chi connectivity index (χ4n) is 7.53. The van der Waals surface area contributed by atoms with Gasteiger partial charge in [-0.15, -0.1) is 6.58 Å². The predicted octanol–water partition coefficient (Wildman–Crippen LogP) is 3.63. The van der Waals surface area contributed by atoms with Crippen molar-refractivity contribution in [1.82, 2.24) is 25.2 Å². The Bertz CT molecular complexity index is 1980. The van der Waals surface area contributed by atoms with E-state index in [4.69, 9.17) is 9.47 Å². The number of allylic oxidation sites excluding steroid dienone is 3. The molecule has 2 saturated carbocycles. The molecular formula is C40H51N5O10S. The monoisotopic (exact) mass is 793 g/mol. The molecular weight excluding hydrogens is 743 g/mol. The fraction of sp³-hybridized carbons (Fsp3) is 0.550. The third-order valence-corrected chi connectivity index (χ3v) is 12.8. The second-order valence-electron chi connectivity index (χ2n) is 16.5. The van der Waals surface area contributed by atoms with Crippen molar-refractivity contribution in [2.75, 3.05) is 13.2 Å². The second kappa shape index (κ2) is 15.9. The third kappa shape index (κ3) is 9.17. The molecule has 1 aromatic rings. The first-order valence-corrected chi connectivity index (χ1v) is 20.6. The number of hydrogen-bond donors (Lipinski definition) is 3. The van der Waals surface area contributed by atoms with E-state index in [1.165, 1.54) is 12.2 Å². The maximum Gasteiger partial charge on any atom is 0.410 e. The van der Waals surface area contributed by atoms with Crippen molar-refractivity contribution in [2.45, 2.75) is 115 Å². The van der Waals surface area contributed by atoms with Crippen LogP contribution in [0.25, 0.3) is 6.08 Å². The molecule has 1 aromatic carbocycles. The molecule has 5 unspecified atom stereocenters. The van der Waals surface area contributed by atoms with E-state index in [1.54, 1.807) is 18.7 Å². The lowest BCUT2D eigenvalue weighted by Gasteiger charge is -2.30. The number of rotatable bonds is 9. The second-order valence-corrected chi connectivity index (χ2v) is 18.5. The largest absolute Gasteiger partial charge is 0.449 e. The number of alkyl carbamates (subject to hydrolysis) is 1. The van der Waals surface area contributed by atoms with Crippen LogP contribution in [0.3, 0.4) is 0 Å². The number of hydrogen-bond acceptors (Lipinski definition) is 10. The van der Waals surface area contributed by atoms with Crippen LogP contribution in [0.15, 0.2) is 48.6 Å². The predicted molar refractivity (Wildman–Crippen MR) is 205 cm³/mol. The van der Waals surface area contributed by atoms with Crippen LogP contribution < -0.4 is 15.4 Å². The molecule has 4 bridgehead atoms. The number of ether oxygens (including phenoxy) is 2. The van der Waals surface area contributed by atoms with E-state index < -0.39 is 92.4 Å². The van der Waals surface area contributed by atoms with Crippen LogP contribution in [0.4, 0.5) is 9.59 Å². The standard InChI is InChI=1S/C40H51N5O10S/c1-6-27-19-40(27,36(49)43-56(52,53)30-13-14-30)42-34(47)33-18-29-21-45(33)35(48)32(17-28(46)16-24(2)3)41-37(50)54-23-39(4,5)15-8-7-10-25-11-9-12-26-20-44(22-31(25)26)38(51)55-29/h6-7,9-12,16,27,29-30,32-33H,1,8,13-15,17-23H2,2-5H3,(H,41,50)(H,42,47)(H,43,49). The van der Waals surface area contributed by atoms with Gasteiger partial charge in [-0.1, -0.05) is 55.8 Å². The summed E-state index contributed by atoms with van der Waals surface area (Å²) in [6.07, 6.45) is 5.88. The summed E-state index contributed by atoms with van der Waals surface area (Å²) in [7, 11) is -3.95. The van der Waals surface area contributed by atoms with Crippen molar-refractivity contribution < 1.29 is 46.7 Å². The molecule has 6 rings (SSSR count). The Morgan fingerprint density at radius 1 is 1.11 bits per heavy atom. The van der Waals surface area contributed by atoms with Crippen LogP contribution in [-0.4, -0.2) is 96.0 Å². The number of sulfonamides is 1. The number of nitrogens with zero attached hydrogens (tertiary/aromatic N) is 2.